The van der Waals surface area contributed by atoms with Gasteiger partial charge in [-0.2, -0.15) is 0 Å². The summed E-state index contributed by atoms with van der Waals surface area (Å²) >= 11 is 0. The molecule has 2 aromatic carbocycles. The summed E-state index contributed by atoms with van der Waals surface area (Å²) in [6, 6.07) is 13.5. The Hall–Kier alpha value is -1.67. The van der Waals surface area contributed by atoms with Crippen molar-refractivity contribution in [2.75, 3.05) is 13.6 Å². The zero-order chi connectivity index (χ0) is 14.5. The number of nitrogens with one attached hydrogen (secondary N) is 1. The van der Waals surface area contributed by atoms with Gasteiger partial charge >= 0.3 is 0 Å². The van der Waals surface area contributed by atoms with E-state index >= 15 is 0 Å². The first-order valence-corrected chi connectivity index (χ1v) is 7.05. The fourth-order valence-electron chi connectivity index (χ4n) is 2.79. The van der Waals surface area contributed by atoms with Crippen molar-refractivity contribution in [3.8, 4) is 0 Å². The molecule has 0 heterocycles. The van der Waals surface area contributed by atoms with E-state index in [1.807, 2.05) is 13.1 Å². The normalized spacial score (nSPS) is 12.4. The smallest absolute Gasteiger partial charge is 0.123 e. The Balaban J connectivity index is 2.25. The molecule has 0 bridgehead atoms. The molecular formula is C18H22FN. The molecule has 0 aliphatic heterocycles. The maximum absolute atomic E-state index is 13.4. The minimum absolute atomic E-state index is 0.163. The van der Waals surface area contributed by atoms with Crippen LogP contribution in [0.4, 0.5) is 4.39 Å². The molecule has 2 rings (SSSR count). The van der Waals surface area contributed by atoms with Crippen LogP contribution in [0.2, 0.25) is 0 Å². The van der Waals surface area contributed by atoms with E-state index in [2.05, 4.69) is 37.4 Å². The third kappa shape index (κ3) is 3.91. The van der Waals surface area contributed by atoms with E-state index in [4.69, 9.17) is 0 Å². The van der Waals surface area contributed by atoms with Crippen LogP contribution < -0.4 is 5.32 Å². The van der Waals surface area contributed by atoms with Crippen molar-refractivity contribution in [3.63, 3.8) is 0 Å². The largest absolute Gasteiger partial charge is 0.319 e. The van der Waals surface area contributed by atoms with Crippen molar-refractivity contribution in [3.05, 3.63) is 70.5 Å². The number of benzene rings is 2. The van der Waals surface area contributed by atoms with Gasteiger partial charge in [-0.3, -0.25) is 0 Å². The Morgan fingerprint density at radius 1 is 1.05 bits per heavy atom. The van der Waals surface area contributed by atoms with Crippen LogP contribution in [0.1, 0.15) is 28.2 Å². The third-order valence-corrected chi connectivity index (χ3v) is 3.53. The fourth-order valence-corrected chi connectivity index (χ4v) is 2.79. The van der Waals surface area contributed by atoms with Gasteiger partial charge in [-0.25, -0.2) is 4.39 Å². The van der Waals surface area contributed by atoms with Crippen LogP contribution in [0, 0.1) is 19.7 Å². The molecule has 0 fully saturated rings. The molecule has 0 spiro atoms. The second-order valence-corrected chi connectivity index (χ2v) is 5.51. The van der Waals surface area contributed by atoms with Gasteiger partial charge in [0.2, 0.25) is 0 Å². The van der Waals surface area contributed by atoms with Crippen molar-refractivity contribution in [2.24, 2.45) is 0 Å². The topological polar surface area (TPSA) is 12.0 Å². The average molecular weight is 271 g/mol. The van der Waals surface area contributed by atoms with Gasteiger partial charge in [0.25, 0.3) is 0 Å². The lowest BCUT2D eigenvalue weighted by atomic mass is 9.90. The molecule has 2 heteroatoms. The van der Waals surface area contributed by atoms with Crippen molar-refractivity contribution >= 4 is 0 Å². The third-order valence-electron chi connectivity index (χ3n) is 3.53. The van der Waals surface area contributed by atoms with Crippen LogP contribution in [0.5, 0.6) is 0 Å². The van der Waals surface area contributed by atoms with Gasteiger partial charge in [0.1, 0.15) is 5.82 Å². The van der Waals surface area contributed by atoms with E-state index in [0.29, 0.717) is 0 Å². The highest BCUT2D eigenvalue weighted by Gasteiger charge is 2.13. The van der Waals surface area contributed by atoms with Crippen molar-refractivity contribution < 1.29 is 4.39 Å². The first-order chi connectivity index (χ1) is 9.58. The van der Waals surface area contributed by atoms with Crippen LogP contribution in [0.15, 0.2) is 42.5 Å². The summed E-state index contributed by atoms with van der Waals surface area (Å²) in [6.07, 6.45) is 0.923. The van der Waals surface area contributed by atoms with E-state index < -0.39 is 0 Å². The van der Waals surface area contributed by atoms with E-state index in [1.54, 1.807) is 12.1 Å². The molecule has 1 N–H and O–H groups in total. The molecule has 0 aliphatic rings. The van der Waals surface area contributed by atoms with Gasteiger partial charge in [-0.05, 0) is 50.6 Å². The van der Waals surface area contributed by atoms with Gasteiger partial charge < -0.3 is 5.32 Å². The fraction of sp³-hybridized carbons (Fsp3) is 0.333. The summed E-state index contributed by atoms with van der Waals surface area (Å²) in [5.74, 6) is 0.126. The van der Waals surface area contributed by atoms with E-state index in [1.165, 1.54) is 22.8 Å². The lowest BCUT2D eigenvalue weighted by Crippen LogP contribution is -2.19. The Labute approximate surface area is 120 Å². The lowest BCUT2D eigenvalue weighted by Gasteiger charge is -2.18. The molecule has 1 unspecified atom stereocenters. The summed E-state index contributed by atoms with van der Waals surface area (Å²) in [7, 11) is 1.94. The summed E-state index contributed by atoms with van der Waals surface area (Å²) in [6.45, 7) is 5.08. The number of rotatable bonds is 5. The molecule has 0 aromatic heterocycles. The van der Waals surface area contributed by atoms with Crippen LogP contribution >= 0.6 is 0 Å². The molecular weight excluding hydrogens is 249 g/mol. The first-order valence-electron chi connectivity index (χ1n) is 7.05. The van der Waals surface area contributed by atoms with Crippen LogP contribution in [-0.4, -0.2) is 13.6 Å². The van der Waals surface area contributed by atoms with Crippen LogP contribution in [0.25, 0.3) is 0 Å². The quantitative estimate of drug-likeness (QED) is 0.867. The van der Waals surface area contributed by atoms with Crippen molar-refractivity contribution in [1.29, 1.82) is 0 Å². The number of likely N-dealkylation sites (N-methyl/N-ethyl adjacent to an activating group) is 1. The molecule has 1 atom stereocenters. The maximum atomic E-state index is 13.4. The van der Waals surface area contributed by atoms with Gasteiger partial charge in [-0.1, -0.05) is 41.5 Å². The SMILES string of the molecule is CNCC(Cc1cc(C)cc(C)c1)c1cccc(F)c1. The summed E-state index contributed by atoms with van der Waals surface area (Å²) in [4.78, 5) is 0. The highest BCUT2D eigenvalue weighted by Crippen LogP contribution is 2.22. The Bertz CT molecular complexity index is 557. The highest BCUT2D eigenvalue weighted by atomic mass is 19.1. The number of hydrogen-bond acceptors (Lipinski definition) is 1. The summed E-state index contributed by atoms with van der Waals surface area (Å²) in [5, 5.41) is 3.21. The molecule has 0 saturated carbocycles. The zero-order valence-electron chi connectivity index (χ0n) is 12.4. The molecule has 20 heavy (non-hydrogen) atoms. The van der Waals surface area contributed by atoms with E-state index in [-0.39, 0.29) is 11.7 Å². The second kappa shape index (κ2) is 6.67. The van der Waals surface area contributed by atoms with Crippen LogP contribution in [0.3, 0.4) is 0 Å². The predicted molar refractivity (Wildman–Crippen MR) is 82.7 cm³/mol. The minimum atomic E-state index is -0.163. The zero-order valence-corrected chi connectivity index (χ0v) is 12.4. The lowest BCUT2D eigenvalue weighted by molar-refractivity contribution is 0.600. The van der Waals surface area contributed by atoms with Gasteiger partial charge in [0.05, 0.1) is 0 Å². The molecule has 1 nitrogen and oxygen atoms in total. The maximum Gasteiger partial charge on any atom is 0.123 e. The number of aryl methyl sites for hydroxylation is 2. The summed E-state index contributed by atoms with van der Waals surface area (Å²) < 4.78 is 13.4. The molecule has 2 aromatic rings. The van der Waals surface area contributed by atoms with Gasteiger partial charge in [-0.15, -0.1) is 0 Å². The molecule has 0 amide bonds. The van der Waals surface area contributed by atoms with E-state index in [9.17, 15) is 4.39 Å². The number of hydrogen-bond donors (Lipinski definition) is 1. The van der Waals surface area contributed by atoms with Crippen molar-refractivity contribution in [2.45, 2.75) is 26.2 Å². The Morgan fingerprint density at radius 3 is 2.35 bits per heavy atom. The highest BCUT2D eigenvalue weighted by molar-refractivity contribution is 5.31. The Morgan fingerprint density at radius 2 is 1.75 bits per heavy atom. The predicted octanol–water partition coefficient (Wildman–Crippen LogP) is 3.99. The molecule has 0 radical (unpaired) electrons. The standard InChI is InChI=1S/C18H22FN/c1-13-7-14(2)9-15(8-13)10-17(12-20-3)16-5-4-6-18(19)11-16/h4-9,11,17,20H,10,12H2,1-3H3. The number of halogens is 1. The second-order valence-electron chi connectivity index (χ2n) is 5.51. The monoisotopic (exact) mass is 271 g/mol. The average Bonchev–Trinajstić information content (AvgIpc) is 2.37. The molecule has 0 aliphatic carbocycles. The van der Waals surface area contributed by atoms with Crippen LogP contribution in [-0.2, 0) is 6.42 Å². The Kier molecular flexibility index (Phi) is 4.91. The van der Waals surface area contributed by atoms with E-state index in [0.717, 1.165) is 18.5 Å². The van der Waals surface area contributed by atoms with Crippen molar-refractivity contribution in [1.82, 2.24) is 5.32 Å². The molecule has 106 valence electrons. The van der Waals surface area contributed by atoms with Gasteiger partial charge in [0, 0.05) is 12.5 Å². The van der Waals surface area contributed by atoms with Gasteiger partial charge in [0.15, 0.2) is 0 Å². The summed E-state index contributed by atoms with van der Waals surface area (Å²) in [5.41, 5.74) is 4.93. The first kappa shape index (κ1) is 14.7. The molecule has 0 saturated heterocycles. The minimum Gasteiger partial charge on any atom is -0.319 e.